The van der Waals surface area contributed by atoms with Crippen LogP contribution >= 0.6 is 0 Å². The van der Waals surface area contributed by atoms with Gasteiger partial charge in [-0.3, -0.25) is 24.8 Å². The van der Waals surface area contributed by atoms with E-state index < -0.39 is 23.9 Å². The quantitative estimate of drug-likeness (QED) is 0.382. The molecular weight excluding hydrogens is 386 g/mol. The van der Waals surface area contributed by atoms with Gasteiger partial charge in [-0.25, -0.2) is 0 Å². The molecule has 9 heteroatoms. The van der Waals surface area contributed by atoms with Crippen molar-refractivity contribution >= 4 is 23.5 Å². The van der Waals surface area contributed by atoms with Crippen molar-refractivity contribution in [2.75, 3.05) is 37.6 Å². The van der Waals surface area contributed by atoms with Crippen LogP contribution in [0.15, 0.2) is 24.3 Å². The largest absolute Gasteiger partial charge is 0.481 e. The van der Waals surface area contributed by atoms with Crippen molar-refractivity contribution < 1.29 is 19.8 Å². The Kier molecular flexibility index (Phi) is 6.94. The van der Waals surface area contributed by atoms with Gasteiger partial charge in [0.1, 0.15) is 11.9 Å². The van der Waals surface area contributed by atoms with Crippen molar-refractivity contribution in [3.63, 3.8) is 0 Å². The first kappa shape index (κ1) is 22.0. The maximum Gasteiger partial charge on any atom is 0.321 e. The SMILES string of the molecule is CC(C(=O)O)C(C(=O)O)N1CCCCC1N1CCN(c2ccc(C(=N)N)cc2)CC1. The van der Waals surface area contributed by atoms with Crippen molar-refractivity contribution in [3.05, 3.63) is 29.8 Å². The number of rotatable bonds is 7. The number of hydrogen-bond donors (Lipinski definition) is 4. The van der Waals surface area contributed by atoms with Crippen LogP contribution in [-0.2, 0) is 9.59 Å². The fraction of sp³-hybridized carbons (Fsp3) is 0.571. The van der Waals surface area contributed by atoms with E-state index in [4.69, 9.17) is 11.1 Å². The van der Waals surface area contributed by atoms with Gasteiger partial charge in [0, 0.05) is 44.0 Å². The number of nitrogens with zero attached hydrogens (tertiary/aromatic N) is 3. The molecule has 2 heterocycles. The molecule has 2 aliphatic heterocycles. The third-order valence-electron chi connectivity index (χ3n) is 6.26. The highest BCUT2D eigenvalue weighted by atomic mass is 16.4. The van der Waals surface area contributed by atoms with Crippen LogP contribution in [0.2, 0.25) is 0 Å². The summed E-state index contributed by atoms with van der Waals surface area (Å²) < 4.78 is 0. The number of piperazine rings is 1. The maximum atomic E-state index is 11.9. The number of anilines is 1. The number of benzene rings is 1. The zero-order valence-corrected chi connectivity index (χ0v) is 17.3. The monoisotopic (exact) mass is 417 g/mol. The molecule has 0 bridgehead atoms. The van der Waals surface area contributed by atoms with E-state index in [-0.39, 0.29) is 12.0 Å². The summed E-state index contributed by atoms with van der Waals surface area (Å²) in [4.78, 5) is 29.9. The summed E-state index contributed by atoms with van der Waals surface area (Å²) >= 11 is 0. The minimum Gasteiger partial charge on any atom is -0.481 e. The highest BCUT2D eigenvalue weighted by molar-refractivity contribution is 5.95. The second kappa shape index (κ2) is 9.44. The first-order chi connectivity index (χ1) is 14.3. The molecule has 0 aliphatic carbocycles. The fourth-order valence-corrected chi connectivity index (χ4v) is 4.56. The van der Waals surface area contributed by atoms with Crippen molar-refractivity contribution in [3.8, 4) is 0 Å². The first-order valence-electron chi connectivity index (χ1n) is 10.4. The Morgan fingerprint density at radius 1 is 1.03 bits per heavy atom. The van der Waals surface area contributed by atoms with E-state index in [1.54, 1.807) is 0 Å². The molecular formula is C21H31N5O4. The van der Waals surface area contributed by atoms with Crippen LogP contribution in [-0.4, -0.2) is 82.7 Å². The zero-order chi connectivity index (χ0) is 21.8. The maximum absolute atomic E-state index is 11.9. The van der Waals surface area contributed by atoms with Crippen LogP contribution < -0.4 is 10.6 Å². The first-order valence-corrected chi connectivity index (χ1v) is 10.4. The Balaban J connectivity index is 1.68. The molecule has 5 N–H and O–H groups in total. The van der Waals surface area contributed by atoms with Gasteiger partial charge in [-0.05, 0) is 50.5 Å². The van der Waals surface area contributed by atoms with Crippen LogP contribution in [0.4, 0.5) is 5.69 Å². The van der Waals surface area contributed by atoms with Gasteiger partial charge in [0.15, 0.2) is 0 Å². The molecule has 2 fully saturated rings. The zero-order valence-electron chi connectivity index (χ0n) is 17.3. The van der Waals surface area contributed by atoms with Gasteiger partial charge in [0.05, 0.1) is 12.1 Å². The van der Waals surface area contributed by atoms with E-state index in [1.807, 2.05) is 29.2 Å². The topological polar surface area (TPSA) is 134 Å². The highest BCUT2D eigenvalue weighted by Gasteiger charge is 2.42. The van der Waals surface area contributed by atoms with E-state index in [1.165, 1.54) is 6.92 Å². The second-order valence-corrected chi connectivity index (χ2v) is 8.11. The fourth-order valence-electron chi connectivity index (χ4n) is 4.56. The normalized spacial score (nSPS) is 23.0. The Bertz CT molecular complexity index is 776. The van der Waals surface area contributed by atoms with Crippen LogP contribution in [0.5, 0.6) is 0 Å². The van der Waals surface area contributed by atoms with Crippen LogP contribution in [0.1, 0.15) is 31.7 Å². The van der Waals surface area contributed by atoms with Gasteiger partial charge < -0.3 is 20.8 Å². The van der Waals surface area contributed by atoms with Crippen molar-refractivity contribution in [1.82, 2.24) is 9.80 Å². The van der Waals surface area contributed by atoms with Gasteiger partial charge in [-0.1, -0.05) is 0 Å². The summed E-state index contributed by atoms with van der Waals surface area (Å²) in [6.45, 7) is 5.25. The lowest BCUT2D eigenvalue weighted by Gasteiger charge is -2.48. The molecule has 30 heavy (non-hydrogen) atoms. The lowest BCUT2D eigenvalue weighted by atomic mass is 9.95. The van der Waals surface area contributed by atoms with E-state index >= 15 is 0 Å². The summed E-state index contributed by atoms with van der Waals surface area (Å²) in [7, 11) is 0. The molecule has 2 aliphatic rings. The average Bonchev–Trinajstić information content (AvgIpc) is 2.74. The van der Waals surface area contributed by atoms with Gasteiger partial charge in [-0.2, -0.15) is 0 Å². The molecule has 3 unspecified atom stereocenters. The predicted octanol–water partition coefficient (Wildman–Crippen LogP) is 1.08. The minimum atomic E-state index is -1.08. The average molecular weight is 418 g/mol. The third-order valence-corrected chi connectivity index (χ3v) is 6.26. The summed E-state index contributed by atoms with van der Waals surface area (Å²) in [6, 6.07) is 6.60. The molecule has 0 amide bonds. The number of carbonyl (C=O) groups is 2. The molecule has 1 aromatic rings. The number of carboxylic acid groups (broad SMARTS) is 2. The van der Waals surface area contributed by atoms with Gasteiger partial charge in [0.25, 0.3) is 0 Å². The minimum absolute atomic E-state index is 0.0485. The third kappa shape index (κ3) is 4.73. The van der Waals surface area contributed by atoms with Crippen LogP contribution in [0.25, 0.3) is 0 Å². The number of nitrogens with one attached hydrogen (secondary N) is 1. The molecule has 0 spiro atoms. The Hall–Kier alpha value is -2.65. The Morgan fingerprint density at radius 3 is 2.20 bits per heavy atom. The number of amidine groups is 1. The van der Waals surface area contributed by atoms with Gasteiger partial charge in [0.2, 0.25) is 0 Å². The van der Waals surface area contributed by atoms with E-state index in [0.29, 0.717) is 12.1 Å². The summed E-state index contributed by atoms with van der Waals surface area (Å²) in [6.07, 6.45) is 2.70. The summed E-state index contributed by atoms with van der Waals surface area (Å²) in [5, 5.41) is 26.7. The Morgan fingerprint density at radius 2 is 1.67 bits per heavy atom. The molecule has 0 aromatic heterocycles. The van der Waals surface area contributed by atoms with Crippen molar-refractivity contribution in [1.29, 1.82) is 5.41 Å². The van der Waals surface area contributed by atoms with Gasteiger partial charge in [-0.15, -0.1) is 0 Å². The smallest absolute Gasteiger partial charge is 0.321 e. The number of piperidine rings is 1. The van der Waals surface area contributed by atoms with Crippen molar-refractivity contribution in [2.24, 2.45) is 11.7 Å². The number of nitrogens with two attached hydrogens (primary N) is 1. The standard InChI is InChI=1S/C21H31N5O4/c1-14(20(27)28)18(21(29)30)26-9-3-2-4-17(26)25-12-10-24(11-13-25)16-7-5-15(6-8-16)19(22)23/h5-8,14,17-18H,2-4,9-13H2,1H3,(H3,22,23)(H,27,28)(H,29,30). The lowest BCUT2D eigenvalue weighted by molar-refractivity contribution is -0.159. The van der Waals surface area contributed by atoms with Crippen molar-refractivity contribution in [2.45, 2.75) is 38.4 Å². The molecule has 0 radical (unpaired) electrons. The van der Waals surface area contributed by atoms with Crippen LogP contribution in [0, 0.1) is 11.3 Å². The molecule has 1 aromatic carbocycles. The molecule has 3 rings (SSSR count). The molecule has 9 nitrogen and oxygen atoms in total. The highest BCUT2D eigenvalue weighted by Crippen LogP contribution is 2.28. The summed E-state index contributed by atoms with van der Waals surface area (Å²) in [5.74, 6) is -3.07. The number of nitrogen functional groups attached to an aromatic ring is 1. The molecule has 2 saturated heterocycles. The van der Waals surface area contributed by atoms with E-state index in [2.05, 4.69) is 9.80 Å². The molecule has 0 saturated carbocycles. The van der Waals surface area contributed by atoms with E-state index in [9.17, 15) is 19.8 Å². The predicted molar refractivity (Wildman–Crippen MR) is 114 cm³/mol. The Labute approximate surface area is 176 Å². The second-order valence-electron chi connectivity index (χ2n) is 8.11. The number of aliphatic carboxylic acids is 2. The van der Waals surface area contributed by atoms with E-state index in [0.717, 1.165) is 51.1 Å². The van der Waals surface area contributed by atoms with Crippen LogP contribution in [0.3, 0.4) is 0 Å². The van der Waals surface area contributed by atoms with Gasteiger partial charge >= 0.3 is 11.9 Å². The molecule has 164 valence electrons. The summed E-state index contributed by atoms with van der Waals surface area (Å²) in [5.41, 5.74) is 7.29. The molecule has 3 atom stereocenters. The lowest BCUT2D eigenvalue weighted by Crippen LogP contribution is -2.62. The number of carboxylic acids is 2. The number of hydrogen-bond acceptors (Lipinski definition) is 6. The number of likely N-dealkylation sites (tertiary alicyclic amines) is 1.